The van der Waals surface area contributed by atoms with E-state index in [2.05, 4.69) is 5.43 Å². The van der Waals surface area contributed by atoms with Crippen LogP contribution in [0.4, 0.5) is 0 Å². The van der Waals surface area contributed by atoms with E-state index in [0.717, 1.165) is 5.56 Å². The zero-order valence-electron chi connectivity index (χ0n) is 7.35. The maximum absolute atomic E-state index is 6.21. The Labute approximate surface area is 88.0 Å². The third kappa shape index (κ3) is 2.35. The standard InChI is InChI=1S/C9H12Cl2N2/c1-2-9(11,13-12)7-3-5-8(10)6-4-7/h3-6,13H,2,12H2,1H3. The molecule has 72 valence electrons. The fourth-order valence-electron chi connectivity index (χ4n) is 1.10. The van der Waals surface area contributed by atoms with E-state index in [1.54, 1.807) is 12.1 Å². The predicted molar refractivity (Wildman–Crippen MR) is 56.6 cm³/mol. The minimum absolute atomic E-state index is 0.690. The van der Waals surface area contributed by atoms with Gasteiger partial charge in [0.05, 0.1) is 0 Å². The summed E-state index contributed by atoms with van der Waals surface area (Å²) in [7, 11) is 0. The molecule has 0 fully saturated rings. The molecule has 1 aromatic rings. The first-order valence-electron chi connectivity index (χ1n) is 4.05. The van der Waals surface area contributed by atoms with E-state index in [4.69, 9.17) is 29.0 Å². The number of hydrogen-bond acceptors (Lipinski definition) is 2. The summed E-state index contributed by atoms with van der Waals surface area (Å²) in [5.41, 5.74) is 3.51. The van der Waals surface area contributed by atoms with Crippen molar-refractivity contribution in [3.8, 4) is 0 Å². The fraction of sp³-hybridized carbons (Fsp3) is 0.333. The van der Waals surface area contributed by atoms with E-state index in [1.807, 2.05) is 19.1 Å². The molecular formula is C9H12Cl2N2. The molecule has 0 aliphatic rings. The van der Waals surface area contributed by atoms with Crippen molar-refractivity contribution >= 4 is 23.2 Å². The highest BCUT2D eigenvalue weighted by Gasteiger charge is 2.25. The normalized spacial score (nSPS) is 15.4. The Morgan fingerprint density at radius 3 is 2.31 bits per heavy atom. The number of rotatable bonds is 3. The summed E-state index contributed by atoms with van der Waals surface area (Å²) in [5, 5.41) is 0.691. The molecule has 0 aliphatic heterocycles. The van der Waals surface area contributed by atoms with Crippen LogP contribution in [0.1, 0.15) is 18.9 Å². The van der Waals surface area contributed by atoms with E-state index in [1.165, 1.54) is 0 Å². The maximum atomic E-state index is 6.21. The monoisotopic (exact) mass is 218 g/mol. The Bertz CT molecular complexity index is 267. The van der Waals surface area contributed by atoms with Gasteiger partial charge in [-0.15, -0.1) is 0 Å². The largest absolute Gasteiger partial charge is 0.270 e. The smallest absolute Gasteiger partial charge is 0.131 e. The summed E-state index contributed by atoms with van der Waals surface area (Å²) in [4.78, 5) is -0.690. The topological polar surface area (TPSA) is 38.0 Å². The number of nitrogens with two attached hydrogens (primary N) is 1. The lowest BCUT2D eigenvalue weighted by atomic mass is 10.0. The SMILES string of the molecule is CCC(Cl)(NN)c1ccc(Cl)cc1. The van der Waals surface area contributed by atoms with Gasteiger partial charge in [-0.25, -0.2) is 5.43 Å². The second kappa shape index (κ2) is 4.29. The third-order valence-electron chi connectivity index (χ3n) is 2.02. The molecule has 0 saturated carbocycles. The van der Waals surface area contributed by atoms with Gasteiger partial charge < -0.3 is 0 Å². The number of halogens is 2. The second-order valence-corrected chi connectivity index (χ2v) is 3.89. The van der Waals surface area contributed by atoms with E-state index < -0.39 is 5.00 Å². The van der Waals surface area contributed by atoms with Crippen LogP contribution in [0, 0.1) is 0 Å². The van der Waals surface area contributed by atoms with Crippen molar-refractivity contribution in [3.63, 3.8) is 0 Å². The number of alkyl halides is 1. The summed E-state index contributed by atoms with van der Waals surface area (Å²) < 4.78 is 0. The van der Waals surface area contributed by atoms with Crippen LogP contribution >= 0.6 is 23.2 Å². The molecule has 2 nitrogen and oxygen atoms in total. The minimum Gasteiger partial charge on any atom is -0.270 e. The van der Waals surface area contributed by atoms with Crippen molar-refractivity contribution in [3.05, 3.63) is 34.9 Å². The Balaban J connectivity index is 2.99. The lowest BCUT2D eigenvalue weighted by Crippen LogP contribution is -2.41. The van der Waals surface area contributed by atoms with Gasteiger partial charge in [-0.05, 0) is 24.1 Å². The Morgan fingerprint density at radius 2 is 1.92 bits per heavy atom. The Kier molecular flexibility index (Phi) is 3.56. The quantitative estimate of drug-likeness (QED) is 0.355. The molecule has 0 amide bonds. The molecule has 0 spiro atoms. The van der Waals surface area contributed by atoms with Crippen LogP contribution in [-0.2, 0) is 5.00 Å². The van der Waals surface area contributed by atoms with E-state index in [-0.39, 0.29) is 0 Å². The van der Waals surface area contributed by atoms with E-state index in [0.29, 0.717) is 11.4 Å². The van der Waals surface area contributed by atoms with Crippen molar-refractivity contribution in [1.82, 2.24) is 5.43 Å². The molecule has 0 aliphatic carbocycles. The van der Waals surface area contributed by atoms with Gasteiger partial charge in [-0.2, -0.15) is 0 Å². The van der Waals surface area contributed by atoms with Crippen LogP contribution in [-0.4, -0.2) is 0 Å². The average Bonchev–Trinajstić information content (AvgIpc) is 2.18. The average molecular weight is 219 g/mol. The number of benzene rings is 1. The number of nitrogens with one attached hydrogen (secondary N) is 1. The molecule has 0 aromatic heterocycles. The van der Waals surface area contributed by atoms with E-state index in [9.17, 15) is 0 Å². The highest BCUT2D eigenvalue weighted by atomic mass is 35.5. The van der Waals surface area contributed by atoms with Gasteiger partial charge in [0.15, 0.2) is 0 Å². The molecule has 3 N–H and O–H groups in total. The molecule has 0 radical (unpaired) electrons. The van der Waals surface area contributed by atoms with Crippen molar-refractivity contribution in [1.29, 1.82) is 0 Å². The molecule has 13 heavy (non-hydrogen) atoms. The second-order valence-electron chi connectivity index (χ2n) is 2.81. The molecular weight excluding hydrogens is 207 g/mol. The Morgan fingerprint density at radius 1 is 1.38 bits per heavy atom. The highest BCUT2D eigenvalue weighted by molar-refractivity contribution is 6.30. The lowest BCUT2D eigenvalue weighted by molar-refractivity contribution is 0.472. The van der Waals surface area contributed by atoms with Crippen LogP contribution in [0.3, 0.4) is 0 Å². The molecule has 1 unspecified atom stereocenters. The van der Waals surface area contributed by atoms with Gasteiger partial charge in [-0.3, -0.25) is 5.84 Å². The van der Waals surface area contributed by atoms with Gasteiger partial charge >= 0.3 is 0 Å². The third-order valence-corrected chi connectivity index (χ3v) is 2.86. The summed E-state index contributed by atoms with van der Waals surface area (Å²) in [5.74, 6) is 5.37. The van der Waals surface area contributed by atoms with Gasteiger partial charge in [0.2, 0.25) is 0 Å². The zero-order valence-corrected chi connectivity index (χ0v) is 8.86. The van der Waals surface area contributed by atoms with Crippen LogP contribution < -0.4 is 11.3 Å². The van der Waals surface area contributed by atoms with Gasteiger partial charge in [0.25, 0.3) is 0 Å². The molecule has 4 heteroatoms. The van der Waals surface area contributed by atoms with Crippen molar-refractivity contribution in [2.45, 2.75) is 18.3 Å². The van der Waals surface area contributed by atoms with Crippen LogP contribution in [0.5, 0.6) is 0 Å². The van der Waals surface area contributed by atoms with Gasteiger partial charge in [0.1, 0.15) is 5.00 Å². The summed E-state index contributed by atoms with van der Waals surface area (Å²) in [6.07, 6.45) is 0.701. The van der Waals surface area contributed by atoms with Crippen molar-refractivity contribution in [2.24, 2.45) is 5.84 Å². The highest BCUT2D eigenvalue weighted by Crippen LogP contribution is 2.29. The minimum atomic E-state index is -0.690. The van der Waals surface area contributed by atoms with E-state index >= 15 is 0 Å². The van der Waals surface area contributed by atoms with Gasteiger partial charge in [-0.1, -0.05) is 42.3 Å². The van der Waals surface area contributed by atoms with Gasteiger partial charge in [0, 0.05) is 5.02 Å². The first-order valence-corrected chi connectivity index (χ1v) is 4.80. The first kappa shape index (κ1) is 10.8. The lowest BCUT2D eigenvalue weighted by Gasteiger charge is -2.24. The van der Waals surface area contributed by atoms with Crippen molar-refractivity contribution in [2.75, 3.05) is 0 Å². The first-order chi connectivity index (χ1) is 6.12. The van der Waals surface area contributed by atoms with Crippen molar-refractivity contribution < 1.29 is 0 Å². The zero-order chi connectivity index (χ0) is 9.90. The van der Waals surface area contributed by atoms with Crippen LogP contribution in [0.15, 0.2) is 24.3 Å². The molecule has 1 aromatic carbocycles. The predicted octanol–water partition coefficient (Wildman–Crippen LogP) is 2.60. The maximum Gasteiger partial charge on any atom is 0.131 e. The number of hydrazine groups is 1. The molecule has 0 bridgehead atoms. The summed E-state index contributed by atoms with van der Waals surface area (Å²) in [6.45, 7) is 1.96. The summed E-state index contributed by atoms with van der Waals surface area (Å²) >= 11 is 12.0. The molecule has 1 rings (SSSR count). The molecule has 1 atom stereocenters. The molecule has 0 heterocycles. The fourth-order valence-corrected chi connectivity index (χ4v) is 1.36. The summed E-state index contributed by atoms with van der Waals surface area (Å²) in [6, 6.07) is 7.30. The van der Waals surface area contributed by atoms with Crippen LogP contribution in [0.2, 0.25) is 5.02 Å². The van der Waals surface area contributed by atoms with Crippen LogP contribution in [0.25, 0.3) is 0 Å². The molecule has 0 saturated heterocycles. The Hall–Kier alpha value is -0.280. The number of hydrogen-bond donors (Lipinski definition) is 2.